The average Bonchev–Trinajstić information content (AvgIpc) is 3.13. The summed E-state index contributed by atoms with van der Waals surface area (Å²) in [6.07, 6.45) is 1.98. The minimum Gasteiger partial charge on any atom is -0.311 e. The van der Waals surface area contributed by atoms with Gasteiger partial charge in [0.25, 0.3) is 5.56 Å². The predicted octanol–water partition coefficient (Wildman–Crippen LogP) is 3.46. The fourth-order valence-corrected chi connectivity index (χ4v) is 5.02. The molecule has 7 heteroatoms. The maximum absolute atomic E-state index is 13.1. The van der Waals surface area contributed by atoms with Gasteiger partial charge in [-0.15, -0.1) is 11.3 Å². The summed E-state index contributed by atoms with van der Waals surface area (Å²) in [4.78, 5) is 32.7. The first-order chi connectivity index (χ1) is 12.6. The lowest BCUT2D eigenvalue weighted by molar-refractivity contribution is -0.117. The predicted molar refractivity (Wildman–Crippen MR) is 107 cm³/mol. The van der Waals surface area contributed by atoms with E-state index in [1.807, 2.05) is 35.4 Å². The second-order valence-electron chi connectivity index (χ2n) is 6.38. The van der Waals surface area contributed by atoms with Gasteiger partial charge in [0.15, 0.2) is 5.16 Å². The highest BCUT2D eigenvalue weighted by molar-refractivity contribution is 8.00. The van der Waals surface area contributed by atoms with Gasteiger partial charge in [-0.25, -0.2) is 4.98 Å². The highest BCUT2D eigenvalue weighted by atomic mass is 32.2. The van der Waals surface area contributed by atoms with E-state index < -0.39 is 0 Å². The first kappa shape index (κ1) is 17.3. The monoisotopic (exact) mass is 385 g/mol. The second-order valence-corrected chi connectivity index (χ2v) is 8.58. The van der Waals surface area contributed by atoms with Crippen LogP contribution in [-0.2, 0) is 18.3 Å². The molecule has 0 saturated carbocycles. The summed E-state index contributed by atoms with van der Waals surface area (Å²) in [5.41, 5.74) is 2.16. The molecule has 1 aliphatic heterocycles. The molecular formula is C19H19N3O2S2. The van der Waals surface area contributed by atoms with Crippen LogP contribution in [0.5, 0.6) is 0 Å². The van der Waals surface area contributed by atoms with Gasteiger partial charge < -0.3 is 4.90 Å². The Morgan fingerprint density at radius 1 is 1.31 bits per heavy atom. The number of amides is 1. The molecule has 26 heavy (non-hydrogen) atoms. The van der Waals surface area contributed by atoms with Crippen molar-refractivity contribution in [2.45, 2.75) is 30.2 Å². The number of para-hydroxylation sites is 1. The van der Waals surface area contributed by atoms with Crippen molar-refractivity contribution in [3.63, 3.8) is 0 Å². The van der Waals surface area contributed by atoms with Crippen LogP contribution in [-0.4, -0.2) is 27.3 Å². The summed E-state index contributed by atoms with van der Waals surface area (Å²) < 4.78 is 1.54. The molecule has 1 aliphatic rings. The third-order valence-corrected chi connectivity index (χ3v) is 6.61. The van der Waals surface area contributed by atoms with Gasteiger partial charge in [-0.1, -0.05) is 30.0 Å². The number of fused-ring (bicyclic) bond motifs is 2. The minimum atomic E-state index is -0.323. The maximum Gasteiger partial charge on any atom is 0.262 e. The Labute approximate surface area is 159 Å². The Morgan fingerprint density at radius 3 is 2.96 bits per heavy atom. The van der Waals surface area contributed by atoms with E-state index in [1.165, 1.54) is 33.2 Å². The van der Waals surface area contributed by atoms with E-state index in [1.54, 1.807) is 13.1 Å². The van der Waals surface area contributed by atoms with Crippen molar-refractivity contribution in [3.05, 3.63) is 51.6 Å². The number of anilines is 1. The zero-order chi connectivity index (χ0) is 18.3. The topological polar surface area (TPSA) is 55.2 Å². The number of nitrogens with zero attached hydrogens (tertiary/aromatic N) is 3. The molecule has 1 aromatic carbocycles. The molecule has 0 spiro atoms. The van der Waals surface area contributed by atoms with Crippen molar-refractivity contribution in [1.29, 1.82) is 0 Å². The SMILES string of the molecule is CC(Sc1nc2sccc2c(=O)n1C)C(=O)N1CCCc2ccccc21. The van der Waals surface area contributed by atoms with E-state index in [4.69, 9.17) is 0 Å². The lowest BCUT2D eigenvalue weighted by Crippen LogP contribution is -2.40. The fourth-order valence-electron chi connectivity index (χ4n) is 3.28. The molecule has 3 heterocycles. The lowest BCUT2D eigenvalue weighted by atomic mass is 10.0. The Morgan fingerprint density at radius 2 is 2.12 bits per heavy atom. The fraction of sp³-hybridized carbons (Fsp3) is 0.316. The van der Waals surface area contributed by atoms with Gasteiger partial charge >= 0.3 is 0 Å². The summed E-state index contributed by atoms with van der Waals surface area (Å²) >= 11 is 2.79. The largest absolute Gasteiger partial charge is 0.311 e. The lowest BCUT2D eigenvalue weighted by Gasteiger charge is -2.31. The number of rotatable bonds is 3. The van der Waals surface area contributed by atoms with Gasteiger partial charge in [0, 0.05) is 19.3 Å². The molecule has 0 saturated heterocycles. The molecule has 134 valence electrons. The van der Waals surface area contributed by atoms with Crippen LogP contribution in [0, 0.1) is 0 Å². The van der Waals surface area contributed by atoms with Crippen LogP contribution >= 0.6 is 23.1 Å². The van der Waals surface area contributed by atoms with Crippen LogP contribution in [0.2, 0.25) is 0 Å². The van der Waals surface area contributed by atoms with Crippen LogP contribution in [0.15, 0.2) is 45.7 Å². The molecule has 1 amide bonds. The number of aromatic nitrogens is 2. The van der Waals surface area contributed by atoms with Crippen LogP contribution in [0.25, 0.3) is 10.2 Å². The van der Waals surface area contributed by atoms with Gasteiger partial charge in [0.1, 0.15) is 4.83 Å². The van der Waals surface area contributed by atoms with Crippen LogP contribution in [0.1, 0.15) is 18.9 Å². The molecule has 1 atom stereocenters. The number of carbonyl (C=O) groups is 1. The Kier molecular flexibility index (Phi) is 4.58. The summed E-state index contributed by atoms with van der Waals surface area (Å²) in [6.45, 7) is 2.62. The standard InChI is InChI=1S/C19H19N3O2S2/c1-12(17(23)22-10-5-7-13-6-3-4-8-15(13)22)26-19-20-16-14(9-11-25-16)18(24)21(19)2/h3-4,6,8-9,11-12H,5,7,10H2,1-2H3. The molecule has 0 fully saturated rings. The average molecular weight is 386 g/mol. The maximum atomic E-state index is 13.1. The molecule has 0 N–H and O–H groups in total. The van der Waals surface area contributed by atoms with Crippen LogP contribution in [0.4, 0.5) is 5.69 Å². The molecule has 0 bridgehead atoms. The normalized spacial score (nSPS) is 15.1. The highest BCUT2D eigenvalue weighted by Crippen LogP contribution is 2.30. The summed E-state index contributed by atoms with van der Waals surface area (Å²) in [7, 11) is 1.71. The number of benzene rings is 1. The van der Waals surface area contributed by atoms with E-state index >= 15 is 0 Å². The molecule has 1 unspecified atom stereocenters. The smallest absolute Gasteiger partial charge is 0.262 e. The van der Waals surface area contributed by atoms with E-state index in [-0.39, 0.29) is 16.7 Å². The van der Waals surface area contributed by atoms with Crippen molar-refractivity contribution in [1.82, 2.24) is 9.55 Å². The molecule has 5 nitrogen and oxygen atoms in total. The van der Waals surface area contributed by atoms with Gasteiger partial charge in [-0.3, -0.25) is 14.2 Å². The number of hydrogen-bond acceptors (Lipinski definition) is 5. The first-order valence-corrected chi connectivity index (χ1v) is 10.3. The second kappa shape index (κ2) is 6.89. The quantitative estimate of drug-likeness (QED) is 0.512. The first-order valence-electron chi connectivity index (χ1n) is 8.56. The highest BCUT2D eigenvalue weighted by Gasteiger charge is 2.27. The molecule has 0 radical (unpaired) electrons. The third-order valence-electron chi connectivity index (χ3n) is 4.67. The van der Waals surface area contributed by atoms with E-state index in [0.717, 1.165) is 29.9 Å². The van der Waals surface area contributed by atoms with Gasteiger partial charge in [0.05, 0.1) is 10.6 Å². The number of hydrogen-bond donors (Lipinski definition) is 0. The molecule has 4 rings (SSSR count). The van der Waals surface area contributed by atoms with Gasteiger partial charge in [-0.05, 0) is 42.8 Å². The summed E-state index contributed by atoms with van der Waals surface area (Å²) in [5, 5.41) is 2.76. The van der Waals surface area contributed by atoms with Crippen molar-refractivity contribution >= 4 is 44.9 Å². The zero-order valence-corrected chi connectivity index (χ0v) is 16.3. The Hall–Kier alpha value is -2.12. The molecule has 3 aromatic rings. The molecule has 2 aromatic heterocycles. The molecule has 0 aliphatic carbocycles. The zero-order valence-electron chi connectivity index (χ0n) is 14.6. The van der Waals surface area contributed by atoms with Crippen LogP contribution < -0.4 is 10.5 Å². The third kappa shape index (κ3) is 2.95. The van der Waals surface area contributed by atoms with Crippen molar-refractivity contribution < 1.29 is 4.79 Å². The van der Waals surface area contributed by atoms with Gasteiger partial charge in [0.2, 0.25) is 5.91 Å². The van der Waals surface area contributed by atoms with E-state index in [2.05, 4.69) is 11.1 Å². The van der Waals surface area contributed by atoms with Crippen molar-refractivity contribution in [3.8, 4) is 0 Å². The minimum absolute atomic E-state index is 0.0580. The number of carbonyl (C=O) groups excluding carboxylic acids is 1. The Bertz CT molecular complexity index is 1040. The van der Waals surface area contributed by atoms with Crippen LogP contribution in [0.3, 0.4) is 0 Å². The molecular weight excluding hydrogens is 366 g/mol. The summed E-state index contributed by atoms with van der Waals surface area (Å²) in [6, 6.07) is 9.88. The number of thiophene rings is 1. The number of aryl methyl sites for hydroxylation is 1. The van der Waals surface area contributed by atoms with Crippen molar-refractivity contribution in [2.24, 2.45) is 7.05 Å². The van der Waals surface area contributed by atoms with Gasteiger partial charge in [-0.2, -0.15) is 0 Å². The van der Waals surface area contributed by atoms with E-state index in [9.17, 15) is 9.59 Å². The summed E-state index contributed by atoms with van der Waals surface area (Å²) in [5.74, 6) is 0.0580. The Balaban J connectivity index is 1.61. The van der Waals surface area contributed by atoms with E-state index in [0.29, 0.717) is 10.5 Å². The number of thioether (sulfide) groups is 1. The van der Waals surface area contributed by atoms with Crippen molar-refractivity contribution in [2.75, 3.05) is 11.4 Å².